The molecule has 0 fully saturated rings. The van der Waals surface area contributed by atoms with Crippen molar-refractivity contribution in [2.75, 3.05) is 5.32 Å². The molecule has 2 N–H and O–H groups in total. The van der Waals surface area contributed by atoms with Crippen LogP contribution < -0.4 is 5.32 Å². The van der Waals surface area contributed by atoms with Crippen LogP contribution in [-0.4, -0.2) is 15.6 Å². The van der Waals surface area contributed by atoms with Crippen molar-refractivity contribution in [3.8, 4) is 5.75 Å². The third-order valence-corrected chi connectivity index (χ3v) is 3.03. The molecule has 2 rings (SSSR count). The Bertz CT molecular complexity index is 593. The number of phenolic OH excluding ortho intramolecular Hbond substituents is 1. The molecule has 0 aliphatic carbocycles. The van der Waals surface area contributed by atoms with Crippen LogP contribution in [0, 0.1) is 0 Å². The quantitative estimate of drug-likeness (QED) is 0.841. The summed E-state index contributed by atoms with van der Waals surface area (Å²) < 4.78 is 1.90. The fourth-order valence-electron chi connectivity index (χ4n) is 1.84. The first kappa shape index (κ1) is 13.5. The molecular weight excluding hydrogens is 264 g/mol. The van der Waals surface area contributed by atoms with Crippen molar-refractivity contribution in [1.29, 1.82) is 0 Å². The van der Waals surface area contributed by atoms with Gasteiger partial charge in [0, 0.05) is 18.4 Å². The van der Waals surface area contributed by atoms with Gasteiger partial charge in [0.1, 0.15) is 11.4 Å². The molecule has 4 nitrogen and oxygen atoms in total. The topological polar surface area (TPSA) is 54.3 Å². The van der Waals surface area contributed by atoms with E-state index in [0.29, 0.717) is 11.4 Å². The van der Waals surface area contributed by atoms with Gasteiger partial charge in [0.05, 0.1) is 5.02 Å². The lowest BCUT2D eigenvalue weighted by Gasteiger charge is -2.09. The van der Waals surface area contributed by atoms with Gasteiger partial charge in [-0.05, 0) is 36.8 Å². The highest BCUT2D eigenvalue weighted by Gasteiger charge is 2.11. The Morgan fingerprint density at radius 2 is 2.21 bits per heavy atom. The van der Waals surface area contributed by atoms with Gasteiger partial charge in [0.2, 0.25) is 0 Å². The van der Waals surface area contributed by atoms with Crippen LogP contribution in [0.4, 0.5) is 5.69 Å². The Labute approximate surface area is 116 Å². The highest BCUT2D eigenvalue weighted by molar-refractivity contribution is 6.32. The van der Waals surface area contributed by atoms with Gasteiger partial charge < -0.3 is 15.0 Å². The van der Waals surface area contributed by atoms with E-state index in [2.05, 4.69) is 12.2 Å². The summed E-state index contributed by atoms with van der Waals surface area (Å²) >= 11 is 5.80. The molecule has 1 aromatic heterocycles. The molecule has 0 spiro atoms. The zero-order valence-corrected chi connectivity index (χ0v) is 11.3. The van der Waals surface area contributed by atoms with E-state index in [-0.39, 0.29) is 16.7 Å². The Morgan fingerprint density at radius 3 is 2.89 bits per heavy atom. The van der Waals surface area contributed by atoms with Crippen molar-refractivity contribution in [3.05, 3.63) is 47.2 Å². The van der Waals surface area contributed by atoms with Gasteiger partial charge in [0.15, 0.2) is 0 Å². The number of hydrogen-bond acceptors (Lipinski definition) is 2. The van der Waals surface area contributed by atoms with E-state index in [1.54, 1.807) is 12.1 Å². The van der Waals surface area contributed by atoms with E-state index in [9.17, 15) is 9.90 Å². The molecule has 0 saturated carbocycles. The Morgan fingerprint density at radius 1 is 1.42 bits per heavy atom. The summed E-state index contributed by atoms with van der Waals surface area (Å²) in [6, 6.07) is 8.18. The zero-order chi connectivity index (χ0) is 13.8. The van der Waals surface area contributed by atoms with Crippen molar-refractivity contribution in [1.82, 2.24) is 4.57 Å². The zero-order valence-electron chi connectivity index (χ0n) is 10.6. The molecule has 2 aromatic rings. The summed E-state index contributed by atoms with van der Waals surface area (Å²) in [4.78, 5) is 12.1. The minimum Gasteiger partial charge on any atom is -0.506 e. The van der Waals surface area contributed by atoms with Gasteiger partial charge in [-0.3, -0.25) is 4.79 Å². The normalized spacial score (nSPS) is 10.4. The number of aromatic hydroxyl groups is 1. The number of nitrogens with zero attached hydrogens (tertiary/aromatic N) is 1. The summed E-state index contributed by atoms with van der Waals surface area (Å²) in [6.07, 6.45) is 2.84. The average molecular weight is 279 g/mol. The lowest BCUT2D eigenvalue weighted by Crippen LogP contribution is -2.16. The van der Waals surface area contributed by atoms with E-state index < -0.39 is 0 Å². The molecule has 0 aliphatic rings. The van der Waals surface area contributed by atoms with Crippen molar-refractivity contribution < 1.29 is 9.90 Å². The fourth-order valence-corrected chi connectivity index (χ4v) is 2.02. The number of carbonyl (C=O) groups excluding carboxylic acids is 1. The number of aromatic nitrogens is 1. The predicted octanol–water partition coefficient (Wildman–Crippen LogP) is 3.51. The van der Waals surface area contributed by atoms with Gasteiger partial charge in [-0.1, -0.05) is 18.5 Å². The standard InChI is InChI=1S/C14H15ClN2O2/c1-2-7-17-8-3-4-12(17)14(19)16-10-5-6-13(18)11(15)9-10/h3-6,8-9,18H,2,7H2,1H3,(H,16,19). The van der Waals surface area contributed by atoms with Gasteiger partial charge in [-0.15, -0.1) is 0 Å². The lowest BCUT2D eigenvalue weighted by molar-refractivity contribution is 0.101. The van der Waals surface area contributed by atoms with Gasteiger partial charge in [-0.2, -0.15) is 0 Å². The van der Waals surface area contributed by atoms with E-state index >= 15 is 0 Å². The number of aryl methyl sites for hydroxylation is 1. The Balaban J connectivity index is 2.16. The smallest absolute Gasteiger partial charge is 0.272 e. The van der Waals surface area contributed by atoms with Crippen molar-refractivity contribution in [2.24, 2.45) is 0 Å². The van der Waals surface area contributed by atoms with E-state index in [1.807, 2.05) is 16.8 Å². The molecule has 5 heteroatoms. The highest BCUT2D eigenvalue weighted by Crippen LogP contribution is 2.26. The van der Waals surface area contributed by atoms with Crippen LogP contribution in [0.2, 0.25) is 5.02 Å². The van der Waals surface area contributed by atoms with Crippen molar-refractivity contribution >= 4 is 23.2 Å². The molecule has 0 aliphatic heterocycles. The SMILES string of the molecule is CCCn1cccc1C(=O)Nc1ccc(O)c(Cl)c1. The molecule has 0 saturated heterocycles. The average Bonchev–Trinajstić information content (AvgIpc) is 2.83. The predicted molar refractivity (Wildman–Crippen MR) is 75.8 cm³/mol. The van der Waals surface area contributed by atoms with Gasteiger partial charge in [-0.25, -0.2) is 0 Å². The number of amides is 1. The largest absolute Gasteiger partial charge is 0.506 e. The highest BCUT2D eigenvalue weighted by atomic mass is 35.5. The van der Waals surface area contributed by atoms with Crippen LogP contribution in [0.15, 0.2) is 36.5 Å². The first-order chi connectivity index (χ1) is 9.11. The maximum absolute atomic E-state index is 12.1. The molecule has 19 heavy (non-hydrogen) atoms. The maximum atomic E-state index is 12.1. The molecule has 0 radical (unpaired) electrons. The third kappa shape index (κ3) is 3.09. The van der Waals surface area contributed by atoms with Crippen LogP contribution in [0.1, 0.15) is 23.8 Å². The van der Waals surface area contributed by atoms with Crippen LogP contribution in [0.25, 0.3) is 0 Å². The second kappa shape index (κ2) is 5.80. The lowest BCUT2D eigenvalue weighted by atomic mass is 10.3. The van der Waals surface area contributed by atoms with Crippen molar-refractivity contribution in [2.45, 2.75) is 19.9 Å². The summed E-state index contributed by atoms with van der Waals surface area (Å²) in [5.74, 6) is -0.200. The number of anilines is 1. The molecular formula is C14H15ClN2O2. The number of benzene rings is 1. The van der Waals surface area contributed by atoms with Crippen LogP contribution >= 0.6 is 11.6 Å². The molecule has 0 atom stereocenters. The number of rotatable bonds is 4. The second-order valence-corrected chi connectivity index (χ2v) is 4.61. The summed E-state index contributed by atoms with van der Waals surface area (Å²) in [5.41, 5.74) is 1.16. The molecule has 1 aromatic carbocycles. The van der Waals surface area contributed by atoms with Crippen molar-refractivity contribution in [3.63, 3.8) is 0 Å². The Kier molecular flexibility index (Phi) is 4.12. The van der Waals surface area contributed by atoms with E-state index in [4.69, 9.17) is 11.6 Å². The number of carbonyl (C=O) groups is 1. The maximum Gasteiger partial charge on any atom is 0.272 e. The first-order valence-corrected chi connectivity index (χ1v) is 6.44. The molecule has 1 heterocycles. The molecule has 100 valence electrons. The summed E-state index contributed by atoms with van der Waals surface area (Å²) in [6.45, 7) is 2.85. The van der Waals surface area contributed by atoms with Gasteiger partial charge in [0.25, 0.3) is 5.91 Å². The molecule has 1 amide bonds. The number of hydrogen-bond donors (Lipinski definition) is 2. The minimum absolute atomic E-state index is 0.00553. The van der Waals surface area contributed by atoms with E-state index in [1.165, 1.54) is 12.1 Å². The summed E-state index contributed by atoms with van der Waals surface area (Å²) in [5, 5.41) is 12.3. The molecule has 0 unspecified atom stereocenters. The van der Waals surface area contributed by atoms with Crippen LogP contribution in [0.3, 0.4) is 0 Å². The van der Waals surface area contributed by atoms with Gasteiger partial charge >= 0.3 is 0 Å². The van der Waals surface area contributed by atoms with Crippen LogP contribution in [-0.2, 0) is 6.54 Å². The number of phenols is 1. The third-order valence-electron chi connectivity index (χ3n) is 2.73. The monoisotopic (exact) mass is 278 g/mol. The minimum atomic E-state index is -0.194. The number of halogens is 1. The molecule has 0 bridgehead atoms. The van der Waals surface area contributed by atoms with E-state index in [0.717, 1.165) is 13.0 Å². The summed E-state index contributed by atoms with van der Waals surface area (Å²) in [7, 11) is 0. The Hall–Kier alpha value is -1.94. The fraction of sp³-hybridized carbons (Fsp3) is 0.214. The second-order valence-electron chi connectivity index (χ2n) is 4.21. The first-order valence-electron chi connectivity index (χ1n) is 6.07. The number of nitrogens with one attached hydrogen (secondary N) is 1. The van der Waals surface area contributed by atoms with Crippen LogP contribution in [0.5, 0.6) is 5.75 Å².